The third-order valence-electron chi connectivity index (χ3n) is 4.70. The molecule has 0 saturated heterocycles. The number of pyridine rings is 1. The van der Waals surface area contributed by atoms with Gasteiger partial charge in [0.1, 0.15) is 23.3 Å². The first-order valence-corrected chi connectivity index (χ1v) is 9.38. The molecule has 0 spiro atoms. The van der Waals surface area contributed by atoms with Gasteiger partial charge in [0, 0.05) is 30.2 Å². The monoisotopic (exact) mass is 407 g/mol. The maximum atomic E-state index is 13.9. The Kier molecular flexibility index (Phi) is 4.33. The Labute approximate surface area is 169 Å². The molecule has 0 saturated carbocycles. The van der Waals surface area contributed by atoms with Crippen molar-refractivity contribution in [1.82, 2.24) is 29.5 Å². The molecule has 0 aliphatic carbocycles. The molecular formula is C20H15ClFN7. The highest BCUT2D eigenvalue weighted by Crippen LogP contribution is 2.32. The van der Waals surface area contributed by atoms with Gasteiger partial charge in [0.2, 0.25) is 0 Å². The van der Waals surface area contributed by atoms with Gasteiger partial charge >= 0.3 is 0 Å². The molecule has 1 aromatic carbocycles. The number of benzene rings is 1. The van der Waals surface area contributed by atoms with Crippen molar-refractivity contribution in [3.8, 4) is 5.69 Å². The molecule has 4 heterocycles. The molecule has 5 aromatic rings. The van der Waals surface area contributed by atoms with Crippen LogP contribution in [0.15, 0.2) is 55.2 Å². The Hall–Kier alpha value is -3.52. The highest BCUT2D eigenvalue weighted by Gasteiger charge is 2.18. The fraction of sp³-hybridized carbons (Fsp3) is 0.100. The predicted molar refractivity (Wildman–Crippen MR) is 110 cm³/mol. The Morgan fingerprint density at radius 3 is 2.93 bits per heavy atom. The first-order valence-electron chi connectivity index (χ1n) is 9.00. The summed E-state index contributed by atoms with van der Waals surface area (Å²) >= 11 is 6.69. The number of aromatic nitrogens is 6. The van der Waals surface area contributed by atoms with Crippen molar-refractivity contribution in [1.29, 1.82) is 0 Å². The van der Waals surface area contributed by atoms with E-state index in [1.54, 1.807) is 18.6 Å². The molecule has 0 amide bonds. The second-order valence-electron chi connectivity index (χ2n) is 6.45. The summed E-state index contributed by atoms with van der Waals surface area (Å²) in [6.45, 7) is 0.552. The van der Waals surface area contributed by atoms with Gasteiger partial charge in [0.25, 0.3) is 0 Å². The third kappa shape index (κ3) is 3.07. The molecule has 0 unspecified atom stereocenters. The van der Waals surface area contributed by atoms with Crippen molar-refractivity contribution in [3.63, 3.8) is 0 Å². The first-order chi connectivity index (χ1) is 14.2. The molecule has 29 heavy (non-hydrogen) atoms. The van der Waals surface area contributed by atoms with Crippen molar-refractivity contribution >= 4 is 39.6 Å². The number of nitrogens with zero attached hydrogens (tertiary/aromatic N) is 5. The summed E-state index contributed by atoms with van der Waals surface area (Å²) in [5, 5.41) is 4.73. The molecule has 0 atom stereocenters. The number of H-pyrrole nitrogens is 1. The zero-order valence-corrected chi connectivity index (χ0v) is 15.9. The Bertz CT molecular complexity index is 1330. The largest absolute Gasteiger partial charge is 0.368 e. The van der Waals surface area contributed by atoms with E-state index < -0.39 is 0 Å². The van der Waals surface area contributed by atoms with Gasteiger partial charge in [0.15, 0.2) is 11.5 Å². The number of fused-ring (bicyclic) bond motifs is 2. The van der Waals surface area contributed by atoms with Crippen LogP contribution in [0.25, 0.3) is 27.9 Å². The van der Waals surface area contributed by atoms with Crippen LogP contribution in [0.4, 0.5) is 10.2 Å². The smallest absolute Gasteiger partial charge is 0.182 e. The Balaban J connectivity index is 1.52. The van der Waals surface area contributed by atoms with Crippen molar-refractivity contribution in [2.24, 2.45) is 0 Å². The van der Waals surface area contributed by atoms with Gasteiger partial charge in [-0.3, -0.25) is 4.57 Å². The lowest BCUT2D eigenvalue weighted by Gasteiger charge is -2.12. The van der Waals surface area contributed by atoms with Crippen LogP contribution in [0.1, 0.15) is 5.69 Å². The molecule has 0 aliphatic heterocycles. The number of imidazole rings is 1. The lowest BCUT2D eigenvalue weighted by atomic mass is 10.2. The molecule has 5 rings (SSSR count). The van der Waals surface area contributed by atoms with E-state index in [-0.39, 0.29) is 5.82 Å². The summed E-state index contributed by atoms with van der Waals surface area (Å²) in [5.74, 6) is 0.346. The maximum absolute atomic E-state index is 13.9. The van der Waals surface area contributed by atoms with Crippen LogP contribution in [0.5, 0.6) is 0 Å². The van der Waals surface area contributed by atoms with Crippen molar-refractivity contribution < 1.29 is 4.39 Å². The molecule has 0 bridgehead atoms. The SMILES string of the molecule is Fc1cccc(-n2c(CCNc3ncnc4nc[nH]c34)c(Cl)c3cccnc32)c1. The topological polar surface area (TPSA) is 84.3 Å². The van der Waals surface area contributed by atoms with Crippen molar-refractivity contribution in [3.05, 3.63) is 71.8 Å². The molecule has 0 radical (unpaired) electrons. The lowest BCUT2D eigenvalue weighted by molar-refractivity contribution is 0.626. The number of rotatable bonds is 5. The maximum Gasteiger partial charge on any atom is 0.182 e. The molecule has 7 nitrogen and oxygen atoms in total. The Morgan fingerprint density at radius 1 is 1.10 bits per heavy atom. The predicted octanol–water partition coefficient (Wildman–Crippen LogP) is 4.14. The first kappa shape index (κ1) is 17.6. The van der Waals surface area contributed by atoms with Crippen LogP contribution in [-0.4, -0.2) is 36.0 Å². The number of aromatic amines is 1. The van der Waals surface area contributed by atoms with E-state index in [1.165, 1.54) is 18.5 Å². The average molecular weight is 408 g/mol. The van der Waals surface area contributed by atoms with Crippen molar-refractivity contribution in [2.45, 2.75) is 6.42 Å². The minimum absolute atomic E-state index is 0.317. The summed E-state index contributed by atoms with van der Waals surface area (Å²) in [5.41, 5.74) is 3.54. The second kappa shape index (κ2) is 7.14. The molecule has 0 aliphatic rings. The fourth-order valence-electron chi connectivity index (χ4n) is 3.44. The highest BCUT2D eigenvalue weighted by molar-refractivity contribution is 6.36. The number of anilines is 1. The average Bonchev–Trinajstić information content (AvgIpc) is 3.32. The zero-order chi connectivity index (χ0) is 19.8. The van der Waals surface area contributed by atoms with Crippen LogP contribution < -0.4 is 5.32 Å². The fourth-order valence-corrected chi connectivity index (χ4v) is 3.77. The van der Waals surface area contributed by atoms with E-state index in [0.29, 0.717) is 40.8 Å². The van der Waals surface area contributed by atoms with Crippen molar-refractivity contribution in [2.75, 3.05) is 11.9 Å². The van der Waals surface area contributed by atoms with Gasteiger partial charge in [-0.1, -0.05) is 17.7 Å². The molecule has 9 heteroatoms. The van der Waals surface area contributed by atoms with Crippen LogP contribution in [0, 0.1) is 5.82 Å². The standard InChI is InChI=1S/C20H15ClFN7/c21-16-14-5-2-7-24-20(14)29(13-4-1-3-12(22)9-13)15(16)6-8-23-18-17-19(26-10-25-17)28-11-27-18/h1-5,7,9-11H,6,8H2,(H2,23,25,26,27,28). The number of hydrogen-bond donors (Lipinski definition) is 2. The van der Waals surface area contributed by atoms with Gasteiger partial charge < -0.3 is 10.3 Å². The van der Waals surface area contributed by atoms with Crippen LogP contribution in [0.3, 0.4) is 0 Å². The highest BCUT2D eigenvalue weighted by atomic mass is 35.5. The quantitative estimate of drug-likeness (QED) is 0.457. The summed E-state index contributed by atoms with van der Waals surface area (Å²) in [6.07, 6.45) is 5.32. The Morgan fingerprint density at radius 2 is 2.03 bits per heavy atom. The van der Waals surface area contributed by atoms with E-state index in [4.69, 9.17) is 11.6 Å². The van der Waals surface area contributed by atoms with Crippen LogP contribution >= 0.6 is 11.6 Å². The number of nitrogens with one attached hydrogen (secondary N) is 2. The van der Waals surface area contributed by atoms with Crippen LogP contribution in [0.2, 0.25) is 5.02 Å². The second-order valence-corrected chi connectivity index (χ2v) is 6.83. The normalized spacial score (nSPS) is 11.4. The van der Waals surface area contributed by atoms with Gasteiger partial charge in [-0.05, 0) is 30.3 Å². The third-order valence-corrected chi connectivity index (χ3v) is 5.12. The van der Waals surface area contributed by atoms with Gasteiger partial charge in [-0.25, -0.2) is 24.3 Å². The molecule has 2 N–H and O–H groups in total. The molecule has 4 aromatic heterocycles. The van der Waals surface area contributed by atoms with Gasteiger partial charge in [-0.15, -0.1) is 0 Å². The molecule has 144 valence electrons. The summed E-state index contributed by atoms with van der Waals surface area (Å²) in [7, 11) is 0. The zero-order valence-electron chi connectivity index (χ0n) is 15.1. The molecule has 0 fully saturated rings. The van der Waals surface area contributed by atoms with E-state index in [0.717, 1.165) is 16.6 Å². The lowest BCUT2D eigenvalue weighted by Crippen LogP contribution is -2.11. The van der Waals surface area contributed by atoms with E-state index in [1.807, 2.05) is 22.8 Å². The minimum Gasteiger partial charge on any atom is -0.368 e. The van der Waals surface area contributed by atoms with Gasteiger partial charge in [0.05, 0.1) is 17.0 Å². The number of halogens is 2. The summed E-state index contributed by atoms with van der Waals surface area (Å²) in [4.78, 5) is 20.0. The minimum atomic E-state index is -0.317. The van der Waals surface area contributed by atoms with E-state index in [2.05, 4.69) is 30.2 Å². The van der Waals surface area contributed by atoms with E-state index >= 15 is 0 Å². The van der Waals surface area contributed by atoms with Crippen LogP contribution in [-0.2, 0) is 6.42 Å². The summed E-state index contributed by atoms with van der Waals surface area (Å²) in [6, 6.07) is 10.1. The number of hydrogen-bond acceptors (Lipinski definition) is 5. The van der Waals surface area contributed by atoms with Gasteiger partial charge in [-0.2, -0.15) is 0 Å². The summed E-state index contributed by atoms with van der Waals surface area (Å²) < 4.78 is 15.8. The molecular weight excluding hydrogens is 393 g/mol. The van der Waals surface area contributed by atoms with E-state index in [9.17, 15) is 4.39 Å².